The van der Waals surface area contributed by atoms with Gasteiger partial charge in [-0.1, -0.05) is 11.6 Å². The number of hydrogen-bond acceptors (Lipinski definition) is 4. The number of rotatable bonds is 5. The van der Waals surface area contributed by atoms with Crippen LogP contribution in [0.2, 0.25) is 5.02 Å². The Morgan fingerprint density at radius 3 is 2.63 bits per heavy atom. The average Bonchev–Trinajstić information content (AvgIpc) is 2.88. The van der Waals surface area contributed by atoms with Gasteiger partial charge in [0.2, 0.25) is 5.91 Å². The number of methoxy groups -OCH3 is 1. The summed E-state index contributed by atoms with van der Waals surface area (Å²) in [6.45, 7) is 3.62. The van der Waals surface area contributed by atoms with E-state index < -0.39 is 0 Å². The van der Waals surface area contributed by atoms with Crippen molar-refractivity contribution in [1.82, 2.24) is 4.90 Å². The lowest BCUT2D eigenvalue weighted by Gasteiger charge is -2.23. The first-order valence-electron chi connectivity index (χ1n) is 8.91. The molecule has 1 heterocycles. The number of carbonyl (C=O) groups is 1. The van der Waals surface area contributed by atoms with Crippen LogP contribution in [0, 0.1) is 5.82 Å². The Morgan fingerprint density at radius 1 is 1.15 bits per heavy atom. The molecule has 2 aromatic rings. The summed E-state index contributed by atoms with van der Waals surface area (Å²) in [5.74, 6) is 0.264. The maximum atomic E-state index is 13.1. The van der Waals surface area contributed by atoms with Crippen molar-refractivity contribution in [3.05, 3.63) is 53.3 Å². The van der Waals surface area contributed by atoms with Gasteiger partial charge in [0, 0.05) is 37.6 Å². The summed E-state index contributed by atoms with van der Waals surface area (Å²) < 4.78 is 18.2. The lowest BCUT2D eigenvalue weighted by molar-refractivity contribution is -0.117. The standard InChI is InChI=1S/C20H23ClFN3O2/c1-27-19-8-5-16(13-18(19)21)23-20(26)14-24-9-2-10-25(12-11-24)17-6-3-15(22)4-7-17/h3-8,13H,2,9-12,14H2,1H3,(H,23,26). The molecule has 0 unspecified atom stereocenters. The van der Waals surface area contributed by atoms with Crippen LogP contribution in [0.5, 0.6) is 5.75 Å². The molecule has 0 saturated carbocycles. The summed E-state index contributed by atoms with van der Waals surface area (Å²) in [5, 5.41) is 3.33. The van der Waals surface area contributed by atoms with E-state index in [4.69, 9.17) is 16.3 Å². The van der Waals surface area contributed by atoms with E-state index in [0.717, 1.165) is 38.3 Å². The number of carbonyl (C=O) groups excluding carboxylic acids is 1. The molecule has 1 amide bonds. The van der Waals surface area contributed by atoms with Crippen LogP contribution in [0.3, 0.4) is 0 Å². The van der Waals surface area contributed by atoms with Crippen LogP contribution in [0.4, 0.5) is 15.8 Å². The molecule has 0 aromatic heterocycles. The van der Waals surface area contributed by atoms with E-state index in [1.807, 2.05) is 0 Å². The van der Waals surface area contributed by atoms with Crippen LogP contribution in [0.15, 0.2) is 42.5 Å². The number of benzene rings is 2. The van der Waals surface area contributed by atoms with Gasteiger partial charge in [0.15, 0.2) is 0 Å². The SMILES string of the molecule is COc1ccc(NC(=O)CN2CCCN(c3ccc(F)cc3)CC2)cc1Cl. The zero-order valence-corrected chi connectivity index (χ0v) is 16.0. The molecule has 2 aromatic carbocycles. The predicted molar refractivity (Wildman–Crippen MR) is 106 cm³/mol. The van der Waals surface area contributed by atoms with Gasteiger partial charge in [0.05, 0.1) is 18.7 Å². The van der Waals surface area contributed by atoms with Gasteiger partial charge < -0.3 is 15.0 Å². The Bertz CT molecular complexity index is 785. The van der Waals surface area contributed by atoms with Gasteiger partial charge in [-0.3, -0.25) is 9.69 Å². The zero-order chi connectivity index (χ0) is 19.2. The Kier molecular flexibility index (Phi) is 6.53. The maximum Gasteiger partial charge on any atom is 0.238 e. The molecule has 5 nitrogen and oxygen atoms in total. The molecule has 0 aliphatic carbocycles. The zero-order valence-electron chi connectivity index (χ0n) is 15.3. The molecule has 0 atom stereocenters. The van der Waals surface area contributed by atoms with Crippen molar-refractivity contribution in [3.8, 4) is 5.75 Å². The summed E-state index contributed by atoms with van der Waals surface area (Å²) in [6.07, 6.45) is 0.943. The number of amides is 1. The first kappa shape index (κ1) is 19.5. The molecule has 0 spiro atoms. The van der Waals surface area contributed by atoms with E-state index in [2.05, 4.69) is 15.1 Å². The molecule has 27 heavy (non-hydrogen) atoms. The summed E-state index contributed by atoms with van der Waals surface area (Å²) in [5.41, 5.74) is 1.66. The molecule has 0 bridgehead atoms. The van der Waals surface area contributed by atoms with Gasteiger partial charge in [0.1, 0.15) is 11.6 Å². The van der Waals surface area contributed by atoms with E-state index in [1.54, 1.807) is 37.4 Å². The summed E-state index contributed by atoms with van der Waals surface area (Å²) >= 11 is 6.09. The normalized spacial score (nSPS) is 15.3. The largest absolute Gasteiger partial charge is 0.495 e. The summed E-state index contributed by atoms with van der Waals surface area (Å²) in [6, 6.07) is 11.7. The molecule has 144 valence electrons. The quantitative estimate of drug-likeness (QED) is 0.845. The van der Waals surface area contributed by atoms with Crippen molar-refractivity contribution < 1.29 is 13.9 Å². The number of hydrogen-bond donors (Lipinski definition) is 1. The number of nitrogens with one attached hydrogen (secondary N) is 1. The number of halogens is 2. The summed E-state index contributed by atoms with van der Waals surface area (Å²) in [7, 11) is 1.55. The highest BCUT2D eigenvalue weighted by Crippen LogP contribution is 2.27. The van der Waals surface area contributed by atoms with Crippen molar-refractivity contribution in [3.63, 3.8) is 0 Å². The van der Waals surface area contributed by atoms with Crippen molar-refractivity contribution in [1.29, 1.82) is 0 Å². The Balaban J connectivity index is 1.52. The minimum absolute atomic E-state index is 0.0773. The fourth-order valence-corrected chi connectivity index (χ4v) is 3.44. The van der Waals surface area contributed by atoms with Crippen LogP contribution in [0.25, 0.3) is 0 Å². The first-order valence-corrected chi connectivity index (χ1v) is 9.29. The second kappa shape index (κ2) is 9.06. The Hall–Kier alpha value is -2.31. The van der Waals surface area contributed by atoms with Crippen LogP contribution < -0.4 is 15.0 Å². The predicted octanol–water partition coefficient (Wildman–Crippen LogP) is 3.64. The van der Waals surface area contributed by atoms with E-state index in [1.165, 1.54) is 12.1 Å². The number of ether oxygens (including phenoxy) is 1. The van der Waals surface area contributed by atoms with Crippen LogP contribution in [-0.2, 0) is 4.79 Å². The molecular formula is C20H23ClFN3O2. The van der Waals surface area contributed by atoms with Crippen molar-refractivity contribution >= 4 is 28.9 Å². The molecule has 1 fully saturated rings. The highest BCUT2D eigenvalue weighted by Gasteiger charge is 2.17. The fourth-order valence-electron chi connectivity index (χ4n) is 3.19. The molecule has 1 aliphatic rings. The second-order valence-corrected chi connectivity index (χ2v) is 6.90. The molecule has 0 radical (unpaired) electrons. The van der Waals surface area contributed by atoms with E-state index in [9.17, 15) is 9.18 Å². The third-order valence-electron chi connectivity index (χ3n) is 4.58. The highest BCUT2D eigenvalue weighted by molar-refractivity contribution is 6.32. The second-order valence-electron chi connectivity index (χ2n) is 6.49. The van der Waals surface area contributed by atoms with Crippen LogP contribution in [0.1, 0.15) is 6.42 Å². The minimum Gasteiger partial charge on any atom is -0.495 e. The molecule has 1 aliphatic heterocycles. The van der Waals surface area contributed by atoms with Gasteiger partial charge >= 0.3 is 0 Å². The molecule has 1 N–H and O–H groups in total. The minimum atomic E-state index is -0.231. The molecular weight excluding hydrogens is 369 g/mol. The maximum absolute atomic E-state index is 13.1. The third kappa shape index (κ3) is 5.34. The molecule has 3 rings (SSSR count). The van der Waals surface area contributed by atoms with Gasteiger partial charge in [-0.2, -0.15) is 0 Å². The average molecular weight is 392 g/mol. The monoisotopic (exact) mass is 391 g/mol. The van der Waals surface area contributed by atoms with Gasteiger partial charge in [0.25, 0.3) is 0 Å². The Labute approximate surface area is 163 Å². The van der Waals surface area contributed by atoms with Crippen molar-refractivity contribution in [2.75, 3.05) is 50.1 Å². The van der Waals surface area contributed by atoms with Crippen LogP contribution >= 0.6 is 11.6 Å². The van der Waals surface area contributed by atoms with E-state index in [-0.39, 0.29) is 11.7 Å². The Morgan fingerprint density at radius 2 is 1.93 bits per heavy atom. The highest BCUT2D eigenvalue weighted by atomic mass is 35.5. The van der Waals surface area contributed by atoms with Crippen molar-refractivity contribution in [2.24, 2.45) is 0 Å². The lowest BCUT2D eigenvalue weighted by atomic mass is 10.2. The summed E-state index contributed by atoms with van der Waals surface area (Å²) in [4.78, 5) is 16.7. The smallest absolute Gasteiger partial charge is 0.238 e. The first-order chi connectivity index (χ1) is 13.0. The third-order valence-corrected chi connectivity index (χ3v) is 4.88. The van der Waals surface area contributed by atoms with E-state index >= 15 is 0 Å². The van der Waals surface area contributed by atoms with Gasteiger partial charge in [-0.05, 0) is 48.9 Å². The number of nitrogens with zero attached hydrogens (tertiary/aromatic N) is 2. The number of anilines is 2. The fraction of sp³-hybridized carbons (Fsp3) is 0.350. The van der Waals surface area contributed by atoms with Crippen LogP contribution in [-0.4, -0.2) is 50.6 Å². The van der Waals surface area contributed by atoms with Gasteiger partial charge in [-0.15, -0.1) is 0 Å². The molecule has 7 heteroatoms. The lowest BCUT2D eigenvalue weighted by Crippen LogP contribution is -2.36. The van der Waals surface area contributed by atoms with Gasteiger partial charge in [-0.25, -0.2) is 4.39 Å². The topological polar surface area (TPSA) is 44.8 Å². The van der Waals surface area contributed by atoms with Crippen molar-refractivity contribution in [2.45, 2.75) is 6.42 Å². The molecule has 1 saturated heterocycles. The van der Waals surface area contributed by atoms with E-state index in [0.29, 0.717) is 23.0 Å².